The lowest BCUT2D eigenvalue weighted by atomic mass is 9.99. The number of benzene rings is 2. The molecule has 2 rings (SSSR count). The summed E-state index contributed by atoms with van der Waals surface area (Å²) in [5.74, 6) is 0.770. The summed E-state index contributed by atoms with van der Waals surface area (Å²) >= 11 is 8.10. The van der Waals surface area contributed by atoms with E-state index in [-0.39, 0.29) is 6.04 Å². The van der Waals surface area contributed by atoms with Gasteiger partial charge in [-0.2, -0.15) is 0 Å². The van der Waals surface area contributed by atoms with Crippen molar-refractivity contribution in [3.63, 3.8) is 0 Å². The molecule has 0 aromatic heterocycles. The Balaban J connectivity index is 2.35. The molecule has 2 aromatic carbocycles. The number of thioether (sulfide) groups is 1. The molecule has 1 atom stereocenters. The standard InChI is InChI=1S/C16H18ClNOS/c1-18-16(11-4-7-13(20-3)8-5-11)14-9-6-12(19-2)10-15(14)17/h4-10,16,18H,1-3H3. The molecule has 0 radical (unpaired) electrons. The van der Waals surface area contributed by atoms with Gasteiger partial charge in [0.2, 0.25) is 0 Å². The number of rotatable bonds is 5. The summed E-state index contributed by atoms with van der Waals surface area (Å²) in [7, 11) is 3.58. The highest BCUT2D eigenvalue weighted by Gasteiger charge is 2.15. The van der Waals surface area contributed by atoms with Gasteiger partial charge in [-0.3, -0.25) is 0 Å². The van der Waals surface area contributed by atoms with Crippen LogP contribution < -0.4 is 10.1 Å². The van der Waals surface area contributed by atoms with E-state index in [0.717, 1.165) is 11.3 Å². The fraction of sp³-hybridized carbons (Fsp3) is 0.250. The number of methoxy groups -OCH3 is 1. The van der Waals surface area contributed by atoms with Crippen LogP contribution in [0, 0.1) is 0 Å². The summed E-state index contributed by atoms with van der Waals surface area (Å²) in [5.41, 5.74) is 2.24. The van der Waals surface area contributed by atoms with Gasteiger partial charge in [0, 0.05) is 9.92 Å². The Morgan fingerprint density at radius 2 is 1.85 bits per heavy atom. The summed E-state index contributed by atoms with van der Waals surface area (Å²) in [5, 5.41) is 4.02. The van der Waals surface area contributed by atoms with E-state index in [4.69, 9.17) is 16.3 Å². The van der Waals surface area contributed by atoms with Crippen molar-refractivity contribution in [2.45, 2.75) is 10.9 Å². The maximum Gasteiger partial charge on any atom is 0.120 e. The molecule has 0 amide bonds. The van der Waals surface area contributed by atoms with E-state index in [2.05, 4.69) is 35.8 Å². The molecule has 0 aliphatic rings. The number of nitrogens with one attached hydrogen (secondary N) is 1. The molecule has 0 bridgehead atoms. The van der Waals surface area contributed by atoms with Crippen LogP contribution in [0.4, 0.5) is 0 Å². The summed E-state index contributed by atoms with van der Waals surface area (Å²) in [6.45, 7) is 0. The molecule has 0 heterocycles. The molecule has 0 fully saturated rings. The van der Waals surface area contributed by atoms with Crippen LogP contribution in [0.5, 0.6) is 5.75 Å². The molecule has 106 valence electrons. The number of ether oxygens (including phenoxy) is 1. The fourth-order valence-electron chi connectivity index (χ4n) is 2.17. The molecule has 0 saturated carbocycles. The van der Waals surface area contributed by atoms with E-state index in [0.29, 0.717) is 5.02 Å². The lowest BCUT2D eigenvalue weighted by Gasteiger charge is -2.19. The van der Waals surface area contributed by atoms with Gasteiger partial charge >= 0.3 is 0 Å². The van der Waals surface area contributed by atoms with Gasteiger partial charge in [0.05, 0.1) is 13.2 Å². The summed E-state index contributed by atoms with van der Waals surface area (Å²) in [4.78, 5) is 1.25. The van der Waals surface area contributed by atoms with Crippen molar-refractivity contribution in [1.82, 2.24) is 5.32 Å². The minimum atomic E-state index is 0.0734. The predicted molar refractivity (Wildman–Crippen MR) is 87.1 cm³/mol. The van der Waals surface area contributed by atoms with Gasteiger partial charge in [-0.1, -0.05) is 29.8 Å². The van der Waals surface area contributed by atoms with Crippen LogP contribution in [0.1, 0.15) is 17.2 Å². The molecule has 20 heavy (non-hydrogen) atoms. The molecule has 0 aliphatic heterocycles. The maximum absolute atomic E-state index is 6.37. The first-order valence-corrected chi connectivity index (χ1v) is 7.94. The maximum atomic E-state index is 6.37. The van der Waals surface area contributed by atoms with Gasteiger partial charge < -0.3 is 10.1 Å². The lowest BCUT2D eigenvalue weighted by molar-refractivity contribution is 0.414. The van der Waals surface area contributed by atoms with Crippen LogP contribution >= 0.6 is 23.4 Å². The van der Waals surface area contributed by atoms with Crippen LogP contribution in [0.2, 0.25) is 5.02 Å². The lowest BCUT2D eigenvalue weighted by Crippen LogP contribution is -2.18. The number of halogens is 1. The zero-order valence-electron chi connectivity index (χ0n) is 11.8. The van der Waals surface area contributed by atoms with Gasteiger partial charge in [0.15, 0.2) is 0 Å². The molecule has 0 aliphatic carbocycles. The average Bonchev–Trinajstić information content (AvgIpc) is 2.50. The molecule has 2 nitrogen and oxygen atoms in total. The molecular weight excluding hydrogens is 290 g/mol. The minimum Gasteiger partial charge on any atom is -0.497 e. The molecule has 0 spiro atoms. The van der Waals surface area contributed by atoms with Gasteiger partial charge in [-0.15, -0.1) is 11.8 Å². The highest BCUT2D eigenvalue weighted by Crippen LogP contribution is 2.31. The molecule has 0 saturated heterocycles. The van der Waals surface area contributed by atoms with E-state index in [1.165, 1.54) is 10.5 Å². The van der Waals surface area contributed by atoms with E-state index < -0.39 is 0 Å². The second kappa shape index (κ2) is 7.02. The quantitative estimate of drug-likeness (QED) is 0.828. The summed E-state index contributed by atoms with van der Waals surface area (Å²) < 4.78 is 5.19. The smallest absolute Gasteiger partial charge is 0.120 e. The Morgan fingerprint density at radius 1 is 1.15 bits per heavy atom. The van der Waals surface area contributed by atoms with Crippen LogP contribution in [0.15, 0.2) is 47.4 Å². The van der Waals surface area contributed by atoms with Crippen LogP contribution in [-0.4, -0.2) is 20.4 Å². The van der Waals surface area contributed by atoms with Crippen molar-refractivity contribution in [1.29, 1.82) is 0 Å². The third-order valence-corrected chi connectivity index (χ3v) is 4.33. The minimum absolute atomic E-state index is 0.0734. The zero-order chi connectivity index (χ0) is 14.5. The first-order valence-electron chi connectivity index (χ1n) is 6.34. The van der Waals surface area contributed by atoms with E-state index in [1.807, 2.05) is 25.2 Å². The van der Waals surface area contributed by atoms with Crippen molar-refractivity contribution >= 4 is 23.4 Å². The Morgan fingerprint density at radius 3 is 2.35 bits per heavy atom. The third-order valence-electron chi connectivity index (χ3n) is 3.26. The van der Waals surface area contributed by atoms with Gasteiger partial charge in [0.25, 0.3) is 0 Å². The molecule has 4 heteroatoms. The largest absolute Gasteiger partial charge is 0.497 e. The first-order chi connectivity index (χ1) is 9.69. The van der Waals surface area contributed by atoms with E-state index >= 15 is 0 Å². The van der Waals surface area contributed by atoms with Crippen molar-refractivity contribution in [3.05, 3.63) is 58.6 Å². The molecule has 2 aromatic rings. The topological polar surface area (TPSA) is 21.3 Å². The van der Waals surface area contributed by atoms with E-state index in [9.17, 15) is 0 Å². The Labute approximate surface area is 129 Å². The highest BCUT2D eigenvalue weighted by molar-refractivity contribution is 7.98. The fourth-order valence-corrected chi connectivity index (χ4v) is 2.85. The second-order valence-electron chi connectivity index (χ2n) is 4.38. The third kappa shape index (κ3) is 3.29. The average molecular weight is 308 g/mol. The van der Waals surface area contributed by atoms with Gasteiger partial charge in [0.1, 0.15) is 5.75 Å². The molecular formula is C16H18ClNOS. The monoisotopic (exact) mass is 307 g/mol. The summed E-state index contributed by atoms with van der Waals surface area (Å²) in [6.07, 6.45) is 2.07. The zero-order valence-corrected chi connectivity index (χ0v) is 13.4. The van der Waals surface area contributed by atoms with Crippen LogP contribution in [-0.2, 0) is 0 Å². The van der Waals surface area contributed by atoms with Crippen LogP contribution in [0.25, 0.3) is 0 Å². The Bertz CT molecular complexity index is 571. The predicted octanol–water partition coefficient (Wildman–Crippen LogP) is 4.38. The van der Waals surface area contributed by atoms with Crippen molar-refractivity contribution in [2.24, 2.45) is 0 Å². The number of hydrogen-bond donors (Lipinski definition) is 1. The number of hydrogen-bond acceptors (Lipinski definition) is 3. The first kappa shape index (κ1) is 15.2. The van der Waals surface area contributed by atoms with Crippen molar-refractivity contribution in [2.75, 3.05) is 20.4 Å². The normalized spacial score (nSPS) is 12.2. The van der Waals surface area contributed by atoms with Crippen molar-refractivity contribution < 1.29 is 4.74 Å². The summed E-state index contributed by atoms with van der Waals surface area (Å²) in [6, 6.07) is 14.4. The Kier molecular flexibility index (Phi) is 5.35. The van der Waals surface area contributed by atoms with Crippen molar-refractivity contribution in [3.8, 4) is 5.75 Å². The Hall–Kier alpha value is -1.16. The molecule has 1 unspecified atom stereocenters. The van der Waals surface area contributed by atoms with Gasteiger partial charge in [-0.05, 0) is 48.7 Å². The second-order valence-corrected chi connectivity index (χ2v) is 5.67. The van der Waals surface area contributed by atoms with E-state index in [1.54, 1.807) is 18.9 Å². The van der Waals surface area contributed by atoms with Gasteiger partial charge in [-0.25, -0.2) is 0 Å². The van der Waals surface area contributed by atoms with Crippen LogP contribution in [0.3, 0.4) is 0 Å². The SMILES string of the molecule is CNC(c1ccc(SC)cc1)c1ccc(OC)cc1Cl. The highest BCUT2D eigenvalue weighted by atomic mass is 35.5. The molecule has 1 N–H and O–H groups in total.